The fourth-order valence-electron chi connectivity index (χ4n) is 3.53. The van der Waals surface area contributed by atoms with Gasteiger partial charge in [-0.15, -0.1) is 0 Å². The van der Waals surface area contributed by atoms with E-state index in [1.807, 2.05) is 7.05 Å². The minimum Gasteiger partial charge on any atom is -0.394 e. The van der Waals surface area contributed by atoms with Crippen molar-refractivity contribution in [2.45, 2.75) is 56.7 Å². The van der Waals surface area contributed by atoms with Gasteiger partial charge in [0.15, 0.2) is 0 Å². The minimum atomic E-state index is -0.0385. The van der Waals surface area contributed by atoms with Crippen molar-refractivity contribution >= 4 is 0 Å². The molecule has 106 valence electrons. The molecule has 2 rings (SSSR count). The zero-order valence-electron chi connectivity index (χ0n) is 11.8. The lowest BCUT2D eigenvalue weighted by atomic mass is 9.98. The van der Waals surface area contributed by atoms with Crippen molar-refractivity contribution in [1.29, 1.82) is 0 Å². The summed E-state index contributed by atoms with van der Waals surface area (Å²) in [7, 11) is 1.97. The summed E-state index contributed by atoms with van der Waals surface area (Å²) in [4.78, 5) is 2.58. The molecule has 1 aliphatic heterocycles. The zero-order valence-corrected chi connectivity index (χ0v) is 11.8. The molecule has 1 aliphatic carbocycles. The van der Waals surface area contributed by atoms with E-state index in [9.17, 15) is 5.11 Å². The van der Waals surface area contributed by atoms with Crippen LogP contribution >= 0.6 is 0 Å². The van der Waals surface area contributed by atoms with E-state index in [4.69, 9.17) is 4.74 Å². The van der Waals surface area contributed by atoms with Crippen LogP contribution in [0.25, 0.3) is 0 Å². The molecule has 4 nitrogen and oxygen atoms in total. The predicted molar refractivity (Wildman–Crippen MR) is 72.7 cm³/mol. The third-order valence-corrected chi connectivity index (χ3v) is 4.74. The summed E-state index contributed by atoms with van der Waals surface area (Å²) in [6.07, 6.45) is 6.21. The SMILES string of the molecule is CCOC1CCCN(C2CCC(CO)(NC)C2)C1. The van der Waals surface area contributed by atoms with E-state index in [1.54, 1.807) is 0 Å². The van der Waals surface area contributed by atoms with Crippen LogP contribution in [0, 0.1) is 0 Å². The first-order valence-electron chi connectivity index (χ1n) is 7.38. The molecule has 3 atom stereocenters. The Morgan fingerprint density at radius 3 is 2.89 bits per heavy atom. The molecule has 2 N–H and O–H groups in total. The fraction of sp³-hybridized carbons (Fsp3) is 1.00. The first-order chi connectivity index (χ1) is 8.73. The average Bonchev–Trinajstić information content (AvgIpc) is 2.85. The van der Waals surface area contributed by atoms with Gasteiger partial charge in [-0.25, -0.2) is 0 Å². The highest BCUT2D eigenvalue weighted by atomic mass is 16.5. The van der Waals surface area contributed by atoms with Gasteiger partial charge >= 0.3 is 0 Å². The number of nitrogens with zero attached hydrogens (tertiary/aromatic N) is 1. The van der Waals surface area contributed by atoms with Gasteiger partial charge in [-0.2, -0.15) is 0 Å². The van der Waals surface area contributed by atoms with E-state index in [0.29, 0.717) is 12.1 Å². The Morgan fingerprint density at radius 1 is 1.44 bits per heavy atom. The summed E-state index contributed by atoms with van der Waals surface area (Å²) in [6, 6.07) is 0.618. The van der Waals surface area contributed by atoms with Crippen LogP contribution in [0.4, 0.5) is 0 Å². The average molecular weight is 256 g/mol. The third kappa shape index (κ3) is 3.05. The van der Waals surface area contributed by atoms with E-state index in [1.165, 1.54) is 25.8 Å². The van der Waals surface area contributed by atoms with E-state index in [-0.39, 0.29) is 12.1 Å². The monoisotopic (exact) mass is 256 g/mol. The van der Waals surface area contributed by atoms with E-state index in [2.05, 4.69) is 17.1 Å². The number of piperidine rings is 1. The first-order valence-corrected chi connectivity index (χ1v) is 7.38. The van der Waals surface area contributed by atoms with Crippen LogP contribution in [0.15, 0.2) is 0 Å². The summed E-state index contributed by atoms with van der Waals surface area (Å²) < 4.78 is 5.77. The summed E-state index contributed by atoms with van der Waals surface area (Å²) >= 11 is 0. The summed E-state index contributed by atoms with van der Waals surface area (Å²) in [6.45, 7) is 5.42. The Hall–Kier alpha value is -0.160. The van der Waals surface area contributed by atoms with Crippen molar-refractivity contribution < 1.29 is 9.84 Å². The number of likely N-dealkylation sites (N-methyl/N-ethyl adjacent to an activating group) is 1. The van der Waals surface area contributed by atoms with Crippen LogP contribution in [0.1, 0.15) is 39.0 Å². The smallest absolute Gasteiger partial charge is 0.0702 e. The van der Waals surface area contributed by atoms with Gasteiger partial charge in [0.05, 0.1) is 12.7 Å². The number of nitrogens with one attached hydrogen (secondary N) is 1. The van der Waals surface area contributed by atoms with Gasteiger partial charge in [0.2, 0.25) is 0 Å². The standard InChI is InChI=1S/C14H28N2O2/c1-3-18-13-5-4-8-16(10-13)12-6-7-14(9-12,11-17)15-2/h12-13,15,17H,3-11H2,1-2H3. The number of aliphatic hydroxyl groups excluding tert-OH is 1. The minimum absolute atomic E-state index is 0.0385. The van der Waals surface area contributed by atoms with Gasteiger partial charge in [-0.3, -0.25) is 4.90 Å². The van der Waals surface area contributed by atoms with E-state index < -0.39 is 0 Å². The Bertz CT molecular complexity index is 254. The second-order valence-electron chi connectivity index (χ2n) is 5.80. The van der Waals surface area contributed by atoms with Crippen LogP contribution in [-0.4, -0.2) is 61.0 Å². The van der Waals surface area contributed by atoms with Gasteiger partial charge in [-0.1, -0.05) is 0 Å². The molecule has 3 unspecified atom stereocenters. The van der Waals surface area contributed by atoms with Crippen LogP contribution in [0.5, 0.6) is 0 Å². The second-order valence-corrected chi connectivity index (χ2v) is 5.80. The molecule has 2 aliphatic rings. The number of likely N-dealkylation sites (tertiary alicyclic amines) is 1. The number of aliphatic hydroxyl groups is 1. The summed E-state index contributed by atoms with van der Waals surface area (Å²) in [5.41, 5.74) is -0.0385. The maximum absolute atomic E-state index is 9.56. The lowest BCUT2D eigenvalue weighted by molar-refractivity contribution is -0.00793. The highest BCUT2D eigenvalue weighted by Gasteiger charge is 2.40. The lowest BCUT2D eigenvalue weighted by Crippen LogP contribution is -2.48. The number of hydrogen-bond acceptors (Lipinski definition) is 4. The van der Waals surface area contributed by atoms with Crippen molar-refractivity contribution in [3.8, 4) is 0 Å². The maximum Gasteiger partial charge on any atom is 0.0702 e. The van der Waals surface area contributed by atoms with Crippen LogP contribution in [-0.2, 0) is 4.74 Å². The normalized spacial score (nSPS) is 38.2. The molecule has 0 aromatic rings. The number of hydrogen-bond donors (Lipinski definition) is 2. The molecule has 1 saturated heterocycles. The van der Waals surface area contributed by atoms with E-state index >= 15 is 0 Å². The highest BCUT2D eigenvalue weighted by molar-refractivity contribution is 4.99. The Balaban J connectivity index is 1.88. The third-order valence-electron chi connectivity index (χ3n) is 4.74. The second kappa shape index (κ2) is 6.33. The molecule has 0 spiro atoms. The van der Waals surface area contributed by atoms with Crippen molar-refractivity contribution in [2.24, 2.45) is 0 Å². The van der Waals surface area contributed by atoms with Gasteiger partial charge in [0.1, 0.15) is 0 Å². The molecule has 1 saturated carbocycles. The van der Waals surface area contributed by atoms with Crippen LogP contribution in [0.2, 0.25) is 0 Å². The molecule has 18 heavy (non-hydrogen) atoms. The molecular weight excluding hydrogens is 228 g/mol. The zero-order chi connectivity index (χ0) is 13.0. The number of rotatable bonds is 5. The first kappa shape index (κ1) is 14.3. The molecule has 0 aromatic carbocycles. The van der Waals surface area contributed by atoms with Gasteiger partial charge in [0, 0.05) is 24.7 Å². The van der Waals surface area contributed by atoms with Crippen molar-refractivity contribution in [3.63, 3.8) is 0 Å². The molecule has 2 fully saturated rings. The van der Waals surface area contributed by atoms with Crippen LogP contribution in [0.3, 0.4) is 0 Å². The summed E-state index contributed by atoms with van der Waals surface area (Å²) in [5, 5.41) is 12.9. The van der Waals surface area contributed by atoms with Crippen LogP contribution < -0.4 is 5.32 Å². The maximum atomic E-state index is 9.56. The predicted octanol–water partition coefficient (Wildman–Crippen LogP) is 0.990. The van der Waals surface area contributed by atoms with Gasteiger partial charge in [0.25, 0.3) is 0 Å². The topological polar surface area (TPSA) is 44.7 Å². The molecule has 0 bridgehead atoms. The molecule has 0 radical (unpaired) electrons. The van der Waals surface area contributed by atoms with Crippen molar-refractivity contribution in [3.05, 3.63) is 0 Å². The molecule has 0 amide bonds. The quantitative estimate of drug-likeness (QED) is 0.770. The Kier molecular flexibility index (Phi) is 5.01. The molecule has 1 heterocycles. The molecule has 0 aromatic heterocycles. The lowest BCUT2D eigenvalue weighted by Gasteiger charge is -2.37. The van der Waals surface area contributed by atoms with Gasteiger partial charge < -0.3 is 15.2 Å². The number of ether oxygens (including phenoxy) is 1. The molecular formula is C14H28N2O2. The van der Waals surface area contributed by atoms with E-state index in [0.717, 1.165) is 26.0 Å². The largest absolute Gasteiger partial charge is 0.394 e. The fourth-order valence-corrected chi connectivity index (χ4v) is 3.53. The summed E-state index contributed by atoms with van der Waals surface area (Å²) in [5.74, 6) is 0. The Morgan fingerprint density at radius 2 is 2.28 bits per heavy atom. The van der Waals surface area contributed by atoms with Crippen molar-refractivity contribution in [2.75, 3.05) is 33.4 Å². The molecule has 4 heteroatoms. The highest BCUT2D eigenvalue weighted by Crippen LogP contribution is 2.34. The Labute approximate surface area is 111 Å². The van der Waals surface area contributed by atoms with Gasteiger partial charge in [-0.05, 0) is 52.6 Å². The van der Waals surface area contributed by atoms with Crippen molar-refractivity contribution in [1.82, 2.24) is 10.2 Å².